The Kier molecular flexibility index (Phi) is 5.26. The molecule has 2 aliphatic rings. The van der Waals surface area contributed by atoms with Crippen molar-refractivity contribution in [3.63, 3.8) is 0 Å². The van der Waals surface area contributed by atoms with Crippen LogP contribution in [0.4, 0.5) is 9.59 Å². The SMILES string of the molecule is CCCCCNC(=O)N1CCC([C@]2(C)NC(=O)NC2=O)CC1. The number of rotatable bonds is 5. The number of piperidine rings is 1. The summed E-state index contributed by atoms with van der Waals surface area (Å²) in [5.74, 6) is -0.206. The molecule has 0 bridgehead atoms. The highest BCUT2D eigenvalue weighted by molar-refractivity contribution is 6.06. The van der Waals surface area contributed by atoms with Crippen LogP contribution in [0.2, 0.25) is 0 Å². The van der Waals surface area contributed by atoms with Crippen molar-refractivity contribution in [1.82, 2.24) is 20.9 Å². The van der Waals surface area contributed by atoms with E-state index in [1.54, 1.807) is 11.8 Å². The lowest BCUT2D eigenvalue weighted by atomic mass is 9.79. The van der Waals surface area contributed by atoms with Crippen molar-refractivity contribution in [1.29, 1.82) is 0 Å². The van der Waals surface area contributed by atoms with Gasteiger partial charge < -0.3 is 15.5 Å². The highest BCUT2D eigenvalue weighted by atomic mass is 16.2. The standard InChI is InChI=1S/C15H26N4O3/c1-3-4-5-8-16-14(22)19-9-6-11(7-10-19)15(2)12(20)17-13(21)18-15/h11H,3-10H2,1-2H3,(H,16,22)(H2,17,18,20,21)/t15-/m0/s1. The van der Waals surface area contributed by atoms with Gasteiger partial charge in [-0.3, -0.25) is 10.1 Å². The van der Waals surface area contributed by atoms with Crippen LogP contribution in [0.15, 0.2) is 0 Å². The zero-order chi connectivity index (χ0) is 16.2. The second-order valence-corrected chi connectivity index (χ2v) is 6.31. The average Bonchev–Trinajstić information content (AvgIpc) is 2.77. The summed E-state index contributed by atoms with van der Waals surface area (Å²) >= 11 is 0. The van der Waals surface area contributed by atoms with E-state index in [0.717, 1.165) is 19.3 Å². The largest absolute Gasteiger partial charge is 0.338 e. The molecule has 124 valence electrons. The fourth-order valence-electron chi connectivity index (χ4n) is 3.19. The number of hydrogen-bond acceptors (Lipinski definition) is 3. The molecule has 0 radical (unpaired) electrons. The minimum Gasteiger partial charge on any atom is -0.338 e. The third-order valence-electron chi connectivity index (χ3n) is 4.73. The molecule has 0 aromatic heterocycles. The molecule has 22 heavy (non-hydrogen) atoms. The zero-order valence-electron chi connectivity index (χ0n) is 13.4. The molecule has 2 aliphatic heterocycles. The van der Waals surface area contributed by atoms with Crippen LogP contribution < -0.4 is 16.0 Å². The van der Waals surface area contributed by atoms with Crippen molar-refractivity contribution in [2.45, 2.75) is 51.5 Å². The van der Waals surface area contributed by atoms with E-state index in [9.17, 15) is 14.4 Å². The van der Waals surface area contributed by atoms with E-state index in [1.807, 2.05) is 0 Å². The van der Waals surface area contributed by atoms with Crippen LogP contribution >= 0.6 is 0 Å². The van der Waals surface area contributed by atoms with E-state index < -0.39 is 11.6 Å². The molecule has 1 atom stereocenters. The minimum atomic E-state index is -0.846. The van der Waals surface area contributed by atoms with E-state index in [-0.39, 0.29) is 17.9 Å². The van der Waals surface area contributed by atoms with Gasteiger partial charge in [-0.15, -0.1) is 0 Å². The second kappa shape index (κ2) is 6.98. The lowest BCUT2D eigenvalue weighted by Crippen LogP contribution is -2.55. The van der Waals surface area contributed by atoms with Crippen molar-refractivity contribution in [2.75, 3.05) is 19.6 Å². The first kappa shape index (κ1) is 16.6. The molecule has 0 aromatic carbocycles. The Balaban J connectivity index is 1.79. The number of nitrogens with one attached hydrogen (secondary N) is 3. The van der Waals surface area contributed by atoms with E-state index >= 15 is 0 Å². The van der Waals surface area contributed by atoms with E-state index in [1.165, 1.54) is 0 Å². The number of hydrogen-bond donors (Lipinski definition) is 3. The summed E-state index contributed by atoms with van der Waals surface area (Å²) in [6, 6.07) is -0.455. The van der Waals surface area contributed by atoms with Gasteiger partial charge in [0, 0.05) is 19.6 Å². The highest BCUT2D eigenvalue weighted by Gasteiger charge is 2.48. The maximum absolute atomic E-state index is 12.1. The summed E-state index contributed by atoms with van der Waals surface area (Å²) in [6.07, 6.45) is 4.69. The Morgan fingerprint density at radius 2 is 2.00 bits per heavy atom. The molecule has 0 aliphatic carbocycles. The molecule has 3 N–H and O–H groups in total. The number of imide groups is 1. The van der Waals surface area contributed by atoms with Gasteiger partial charge in [0.15, 0.2) is 0 Å². The Labute approximate surface area is 131 Å². The van der Waals surface area contributed by atoms with Gasteiger partial charge in [-0.1, -0.05) is 19.8 Å². The molecular formula is C15H26N4O3. The first-order chi connectivity index (χ1) is 10.5. The van der Waals surface area contributed by atoms with Crippen LogP contribution in [-0.4, -0.2) is 48.0 Å². The molecule has 5 amide bonds. The van der Waals surface area contributed by atoms with Crippen molar-refractivity contribution in [3.05, 3.63) is 0 Å². The highest BCUT2D eigenvalue weighted by Crippen LogP contribution is 2.30. The van der Waals surface area contributed by atoms with Gasteiger partial charge in [-0.2, -0.15) is 0 Å². The summed E-state index contributed by atoms with van der Waals surface area (Å²) in [5, 5.41) is 7.95. The number of unbranched alkanes of at least 4 members (excludes halogenated alkanes) is 2. The number of carbonyl (C=O) groups is 3. The number of nitrogens with zero attached hydrogens (tertiary/aromatic N) is 1. The Bertz CT molecular complexity index is 446. The van der Waals surface area contributed by atoms with Gasteiger partial charge in [0.2, 0.25) is 0 Å². The Morgan fingerprint density at radius 3 is 2.55 bits per heavy atom. The Morgan fingerprint density at radius 1 is 1.32 bits per heavy atom. The maximum atomic E-state index is 12.1. The normalized spacial score (nSPS) is 25.8. The van der Waals surface area contributed by atoms with Gasteiger partial charge in [0.1, 0.15) is 5.54 Å². The lowest BCUT2D eigenvalue weighted by Gasteiger charge is -2.38. The summed E-state index contributed by atoms with van der Waals surface area (Å²) in [6.45, 7) is 5.83. The van der Waals surface area contributed by atoms with Crippen LogP contribution in [0.3, 0.4) is 0 Å². The van der Waals surface area contributed by atoms with Gasteiger partial charge in [-0.25, -0.2) is 9.59 Å². The molecular weight excluding hydrogens is 284 g/mol. The predicted octanol–water partition coefficient (Wildman–Crippen LogP) is 1.20. The summed E-state index contributed by atoms with van der Waals surface area (Å²) < 4.78 is 0. The van der Waals surface area contributed by atoms with Gasteiger partial charge in [-0.05, 0) is 32.1 Å². The summed E-state index contributed by atoms with van der Waals surface area (Å²) in [7, 11) is 0. The van der Waals surface area contributed by atoms with Gasteiger partial charge in [0.25, 0.3) is 5.91 Å². The molecule has 7 heteroatoms. The summed E-state index contributed by atoms with van der Waals surface area (Å²) in [4.78, 5) is 37.1. The molecule has 7 nitrogen and oxygen atoms in total. The molecule has 2 rings (SSSR count). The average molecular weight is 310 g/mol. The molecule has 2 fully saturated rings. The molecule has 0 aromatic rings. The van der Waals surface area contributed by atoms with Gasteiger partial charge >= 0.3 is 12.1 Å². The first-order valence-electron chi connectivity index (χ1n) is 8.13. The molecule has 0 unspecified atom stereocenters. The smallest absolute Gasteiger partial charge is 0.322 e. The van der Waals surface area contributed by atoms with Crippen LogP contribution in [0.1, 0.15) is 46.0 Å². The fourth-order valence-corrected chi connectivity index (χ4v) is 3.19. The van der Waals surface area contributed by atoms with Gasteiger partial charge in [0.05, 0.1) is 0 Å². The van der Waals surface area contributed by atoms with Crippen LogP contribution in [0, 0.1) is 5.92 Å². The number of likely N-dealkylation sites (tertiary alicyclic amines) is 1. The van der Waals surface area contributed by atoms with E-state index in [2.05, 4.69) is 22.9 Å². The van der Waals surface area contributed by atoms with Crippen molar-refractivity contribution in [3.8, 4) is 0 Å². The zero-order valence-corrected chi connectivity index (χ0v) is 13.4. The molecule has 0 saturated carbocycles. The molecule has 0 spiro atoms. The third kappa shape index (κ3) is 3.51. The van der Waals surface area contributed by atoms with E-state index in [0.29, 0.717) is 32.5 Å². The minimum absolute atomic E-state index is 0.0281. The third-order valence-corrected chi connectivity index (χ3v) is 4.73. The number of urea groups is 2. The fraction of sp³-hybridized carbons (Fsp3) is 0.800. The van der Waals surface area contributed by atoms with Crippen molar-refractivity contribution < 1.29 is 14.4 Å². The first-order valence-corrected chi connectivity index (χ1v) is 8.13. The van der Waals surface area contributed by atoms with Crippen molar-refractivity contribution in [2.24, 2.45) is 5.92 Å². The number of amides is 5. The quantitative estimate of drug-likeness (QED) is 0.526. The number of carbonyl (C=O) groups excluding carboxylic acids is 3. The molecule has 2 heterocycles. The Hall–Kier alpha value is -1.79. The maximum Gasteiger partial charge on any atom is 0.322 e. The topological polar surface area (TPSA) is 90.5 Å². The monoisotopic (exact) mass is 310 g/mol. The lowest BCUT2D eigenvalue weighted by molar-refractivity contribution is -0.125. The van der Waals surface area contributed by atoms with Crippen molar-refractivity contribution >= 4 is 18.0 Å². The summed E-state index contributed by atoms with van der Waals surface area (Å²) in [5.41, 5.74) is -0.846. The predicted molar refractivity (Wildman–Crippen MR) is 82.3 cm³/mol. The second-order valence-electron chi connectivity index (χ2n) is 6.31. The molecule has 2 saturated heterocycles. The van der Waals surface area contributed by atoms with Crippen LogP contribution in [-0.2, 0) is 4.79 Å². The van der Waals surface area contributed by atoms with Crippen LogP contribution in [0.5, 0.6) is 0 Å². The van der Waals surface area contributed by atoms with E-state index in [4.69, 9.17) is 0 Å². The van der Waals surface area contributed by atoms with Crippen LogP contribution in [0.25, 0.3) is 0 Å².